The van der Waals surface area contributed by atoms with Crippen molar-refractivity contribution in [3.63, 3.8) is 0 Å². The second-order valence-electron chi connectivity index (χ2n) is 5.98. The van der Waals surface area contributed by atoms with Crippen molar-refractivity contribution in [2.75, 3.05) is 7.11 Å². The lowest BCUT2D eigenvalue weighted by Crippen LogP contribution is -2.21. The molecule has 0 aromatic carbocycles. The van der Waals surface area contributed by atoms with Crippen molar-refractivity contribution in [2.45, 2.75) is 33.1 Å². The number of aliphatic carboxylic acids is 1. The molecular formula is C18H22O4. The summed E-state index contributed by atoms with van der Waals surface area (Å²) in [6.07, 6.45) is 11.6. The maximum absolute atomic E-state index is 12.1. The number of carbonyl (C=O) groups excluding carboxylic acids is 1. The van der Waals surface area contributed by atoms with Gasteiger partial charge in [0.25, 0.3) is 0 Å². The van der Waals surface area contributed by atoms with Gasteiger partial charge in [0.1, 0.15) is 0 Å². The van der Waals surface area contributed by atoms with Crippen LogP contribution in [0.3, 0.4) is 0 Å². The van der Waals surface area contributed by atoms with E-state index >= 15 is 0 Å². The summed E-state index contributed by atoms with van der Waals surface area (Å²) in [4.78, 5) is 23.9. The van der Waals surface area contributed by atoms with Crippen molar-refractivity contribution in [1.29, 1.82) is 0 Å². The molecule has 0 saturated heterocycles. The molecule has 0 aromatic heterocycles. The number of allylic oxidation sites excluding steroid dienone is 6. The molecule has 2 aliphatic carbocycles. The number of carboxylic acids is 1. The molecule has 4 nitrogen and oxygen atoms in total. The van der Waals surface area contributed by atoms with E-state index < -0.39 is 11.9 Å². The molecule has 118 valence electrons. The highest BCUT2D eigenvalue weighted by Gasteiger charge is 2.46. The Morgan fingerprint density at radius 3 is 2.59 bits per heavy atom. The normalized spacial score (nSPS) is 24.9. The molecule has 1 unspecified atom stereocenters. The number of rotatable bonds is 5. The zero-order chi connectivity index (χ0) is 16.3. The quantitative estimate of drug-likeness (QED) is 0.624. The minimum atomic E-state index is -0.902. The third-order valence-corrected chi connectivity index (χ3v) is 4.31. The van der Waals surface area contributed by atoms with E-state index in [4.69, 9.17) is 4.74 Å². The standard InChI is InChI=1S/C18H22O4/c1-4-7-14(17(21)22-3)12-8-5-6-9-13(12)15(16(19)20)18(2)10-11-18/h5-9,12H,4,10-11H2,1-3H3,(H,19,20). The SMILES string of the molecule is CCC=C(C(=O)OC)C1C=CC=CC1=C(C(=O)O)C1(C)CC1. The molecule has 0 bridgehead atoms. The largest absolute Gasteiger partial charge is 0.478 e. The smallest absolute Gasteiger partial charge is 0.334 e. The summed E-state index contributed by atoms with van der Waals surface area (Å²) >= 11 is 0. The molecule has 0 amide bonds. The van der Waals surface area contributed by atoms with Gasteiger partial charge in [0, 0.05) is 22.5 Å². The van der Waals surface area contributed by atoms with E-state index in [2.05, 4.69) is 0 Å². The fourth-order valence-corrected chi connectivity index (χ4v) is 2.89. The molecule has 4 heteroatoms. The van der Waals surface area contributed by atoms with E-state index in [1.165, 1.54) is 7.11 Å². The van der Waals surface area contributed by atoms with E-state index in [-0.39, 0.29) is 11.3 Å². The summed E-state index contributed by atoms with van der Waals surface area (Å²) in [6.45, 7) is 3.91. The fourth-order valence-electron chi connectivity index (χ4n) is 2.89. The maximum atomic E-state index is 12.1. The lowest BCUT2D eigenvalue weighted by atomic mass is 9.80. The van der Waals surface area contributed by atoms with Crippen molar-refractivity contribution < 1.29 is 19.4 Å². The van der Waals surface area contributed by atoms with Crippen LogP contribution in [0.1, 0.15) is 33.1 Å². The van der Waals surface area contributed by atoms with Crippen LogP contribution in [0.15, 0.2) is 47.1 Å². The zero-order valence-corrected chi connectivity index (χ0v) is 13.3. The molecular weight excluding hydrogens is 280 g/mol. The van der Waals surface area contributed by atoms with Crippen LogP contribution in [-0.2, 0) is 14.3 Å². The van der Waals surface area contributed by atoms with Crippen molar-refractivity contribution in [2.24, 2.45) is 11.3 Å². The Morgan fingerprint density at radius 1 is 1.41 bits per heavy atom. The second-order valence-corrected chi connectivity index (χ2v) is 5.98. The Labute approximate surface area is 130 Å². The number of hydrogen-bond acceptors (Lipinski definition) is 3. The molecule has 0 spiro atoms. The third-order valence-electron chi connectivity index (χ3n) is 4.31. The lowest BCUT2D eigenvalue weighted by molar-refractivity contribution is -0.137. The highest BCUT2D eigenvalue weighted by molar-refractivity contribution is 5.94. The van der Waals surface area contributed by atoms with E-state index in [0.717, 1.165) is 12.8 Å². The fraction of sp³-hybridized carbons (Fsp3) is 0.444. The van der Waals surface area contributed by atoms with Crippen LogP contribution in [-0.4, -0.2) is 24.2 Å². The van der Waals surface area contributed by atoms with E-state index in [1.54, 1.807) is 0 Å². The van der Waals surface area contributed by atoms with Crippen molar-refractivity contribution in [3.8, 4) is 0 Å². The molecule has 0 radical (unpaired) electrons. The Kier molecular flexibility index (Phi) is 4.69. The second kappa shape index (κ2) is 6.34. The summed E-state index contributed by atoms with van der Waals surface area (Å²) in [5.41, 5.74) is 1.33. The number of ether oxygens (including phenoxy) is 1. The number of hydrogen-bond donors (Lipinski definition) is 1. The molecule has 1 saturated carbocycles. The minimum Gasteiger partial charge on any atom is -0.478 e. The van der Waals surface area contributed by atoms with Crippen molar-refractivity contribution in [3.05, 3.63) is 47.1 Å². The number of esters is 1. The van der Waals surface area contributed by atoms with Gasteiger partial charge in [0.15, 0.2) is 0 Å². The summed E-state index contributed by atoms with van der Waals surface area (Å²) < 4.78 is 4.87. The van der Waals surface area contributed by atoms with Gasteiger partial charge < -0.3 is 9.84 Å². The number of carbonyl (C=O) groups is 2. The van der Waals surface area contributed by atoms with Crippen molar-refractivity contribution >= 4 is 11.9 Å². The Morgan fingerprint density at radius 2 is 2.09 bits per heavy atom. The van der Waals surface area contributed by atoms with Crippen molar-refractivity contribution in [1.82, 2.24) is 0 Å². The van der Waals surface area contributed by atoms with Crippen LogP contribution in [0.2, 0.25) is 0 Å². The van der Waals surface area contributed by atoms with Crippen LogP contribution in [0, 0.1) is 11.3 Å². The van der Waals surface area contributed by atoms with E-state index in [9.17, 15) is 14.7 Å². The van der Waals surface area contributed by atoms with Gasteiger partial charge in [0.2, 0.25) is 0 Å². The van der Waals surface area contributed by atoms with Gasteiger partial charge in [-0.25, -0.2) is 9.59 Å². The molecule has 1 fully saturated rings. The van der Waals surface area contributed by atoms with Crippen LogP contribution in [0.4, 0.5) is 0 Å². The van der Waals surface area contributed by atoms with Crippen LogP contribution >= 0.6 is 0 Å². The molecule has 0 aliphatic heterocycles. The van der Waals surface area contributed by atoms with Gasteiger partial charge in [-0.05, 0) is 24.8 Å². The van der Waals surface area contributed by atoms with E-state index in [1.807, 2.05) is 44.2 Å². The van der Waals surface area contributed by atoms with Gasteiger partial charge in [-0.15, -0.1) is 0 Å². The van der Waals surface area contributed by atoms with Gasteiger partial charge in [-0.1, -0.05) is 44.2 Å². The van der Waals surface area contributed by atoms with Gasteiger partial charge in [-0.2, -0.15) is 0 Å². The minimum absolute atomic E-state index is 0.289. The summed E-state index contributed by atoms with van der Waals surface area (Å²) in [7, 11) is 1.35. The van der Waals surface area contributed by atoms with Crippen LogP contribution in [0.5, 0.6) is 0 Å². The first-order chi connectivity index (χ1) is 10.4. The Bertz CT molecular complexity index is 601. The summed E-state index contributed by atoms with van der Waals surface area (Å²) in [5, 5.41) is 9.67. The predicted molar refractivity (Wildman–Crippen MR) is 84.2 cm³/mol. The molecule has 22 heavy (non-hydrogen) atoms. The molecule has 0 aromatic rings. The first kappa shape index (κ1) is 16.3. The van der Waals surface area contributed by atoms with Crippen LogP contribution in [0.25, 0.3) is 0 Å². The highest BCUT2D eigenvalue weighted by Crippen LogP contribution is 2.54. The monoisotopic (exact) mass is 302 g/mol. The van der Waals surface area contributed by atoms with Gasteiger partial charge >= 0.3 is 11.9 Å². The molecule has 2 rings (SSSR count). The first-order valence-corrected chi connectivity index (χ1v) is 7.55. The van der Waals surface area contributed by atoms with E-state index in [0.29, 0.717) is 23.1 Å². The summed E-state index contributed by atoms with van der Waals surface area (Å²) in [6, 6.07) is 0. The van der Waals surface area contributed by atoms with Crippen LogP contribution < -0.4 is 0 Å². The van der Waals surface area contributed by atoms with Gasteiger partial charge in [-0.3, -0.25) is 0 Å². The first-order valence-electron chi connectivity index (χ1n) is 7.55. The summed E-state index contributed by atoms with van der Waals surface area (Å²) in [5.74, 6) is -1.67. The topological polar surface area (TPSA) is 63.6 Å². The maximum Gasteiger partial charge on any atom is 0.334 e. The Balaban J connectivity index is 2.55. The average molecular weight is 302 g/mol. The highest BCUT2D eigenvalue weighted by atomic mass is 16.5. The molecule has 1 N–H and O–H groups in total. The Hall–Kier alpha value is -2.10. The average Bonchev–Trinajstić information content (AvgIpc) is 3.22. The third kappa shape index (κ3) is 3.06. The lowest BCUT2D eigenvalue weighted by Gasteiger charge is -2.24. The molecule has 2 aliphatic rings. The number of carboxylic acid groups (broad SMARTS) is 1. The molecule has 1 atom stereocenters. The zero-order valence-electron chi connectivity index (χ0n) is 13.3. The predicted octanol–water partition coefficient (Wildman–Crippen LogP) is 3.42. The number of methoxy groups -OCH3 is 1. The molecule has 0 heterocycles. The van der Waals surface area contributed by atoms with Gasteiger partial charge in [0.05, 0.1) is 7.11 Å².